The Labute approximate surface area is 135 Å². The monoisotopic (exact) mass is 314 g/mol. The maximum Gasteiger partial charge on any atom is 0.357 e. The predicted molar refractivity (Wildman–Crippen MR) is 88.7 cm³/mol. The van der Waals surface area contributed by atoms with Gasteiger partial charge in [-0.25, -0.2) is 4.79 Å². The Morgan fingerprint density at radius 2 is 2.26 bits per heavy atom. The summed E-state index contributed by atoms with van der Waals surface area (Å²) >= 11 is 0. The van der Waals surface area contributed by atoms with Crippen molar-refractivity contribution in [2.75, 3.05) is 19.7 Å². The van der Waals surface area contributed by atoms with Gasteiger partial charge in [0.15, 0.2) is 5.69 Å². The number of piperidine rings is 1. The minimum atomic E-state index is -0.398. The first-order chi connectivity index (χ1) is 11.2. The molecule has 0 aliphatic carbocycles. The molecule has 0 radical (unpaired) electrons. The number of fused-ring (bicyclic) bond motifs is 1. The number of esters is 1. The summed E-state index contributed by atoms with van der Waals surface area (Å²) in [4.78, 5) is 15.3. The van der Waals surface area contributed by atoms with Crippen LogP contribution in [0.4, 0.5) is 5.69 Å². The molecule has 122 valence electrons. The number of aromatic amines is 1. The summed E-state index contributed by atoms with van der Waals surface area (Å²) in [6, 6.07) is 7.69. The van der Waals surface area contributed by atoms with Gasteiger partial charge in [0.05, 0.1) is 6.61 Å². The topological polar surface area (TPSA) is 70.0 Å². The van der Waals surface area contributed by atoms with Gasteiger partial charge in [-0.05, 0) is 31.7 Å². The Morgan fingerprint density at radius 1 is 1.43 bits per heavy atom. The molecule has 1 N–H and O–H groups in total. The largest absolute Gasteiger partial charge is 0.461 e. The van der Waals surface area contributed by atoms with Gasteiger partial charge in [-0.15, -0.1) is 5.11 Å². The van der Waals surface area contributed by atoms with Crippen LogP contribution in [-0.2, 0) is 4.74 Å². The zero-order valence-corrected chi connectivity index (χ0v) is 13.6. The van der Waals surface area contributed by atoms with Crippen molar-refractivity contribution in [3.8, 4) is 0 Å². The number of hydrogen-bond acceptors (Lipinski definition) is 4. The molecule has 23 heavy (non-hydrogen) atoms. The summed E-state index contributed by atoms with van der Waals surface area (Å²) in [6.07, 6.45) is 2.35. The number of rotatable bonds is 4. The normalized spacial score (nSPS) is 18.7. The van der Waals surface area contributed by atoms with Crippen molar-refractivity contribution in [1.29, 1.82) is 0 Å². The molecule has 1 saturated heterocycles. The molecule has 0 amide bonds. The summed E-state index contributed by atoms with van der Waals surface area (Å²) in [5, 5.41) is 11.6. The molecular weight excluding hydrogens is 292 g/mol. The van der Waals surface area contributed by atoms with E-state index in [1.807, 2.05) is 29.3 Å². The molecule has 2 heterocycles. The number of carbonyl (C=O) groups is 1. The van der Waals surface area contributed by atoms with Crippen LogP contribution in [-0.4, -0.2) is 35.7 Å². The van der Waals surface area contributed by atoms with Crippen molar-refractivity contribution < 1.29 is 9.53 Å². The van der Waals surface area contributed by atoms with Crippen LogP contribution in [0.3, 0.4) is 0 Å². The van der Waals surface area contributed by atoms with Gasteiger partial charge in [0.1, 0.15) is 5.69 Å². The SMILES string of the molecule is CCOC(=O)c1[nH]c2ccccc2c1N=NN1CCC[C@H](C)C1. The van der Waals surface area contributed by atoms with Crippen LogP contribution in [0.2, 0.25) is 0 Å². The second-order valence-electron chi connectivity index (χ2n) is 5.96. The molecule has 1 aromatic heterocycles. The molecule has 1 aromatic carbocycles. The van der Waals surface area contributed by atoms with E-state index in [1.165, 1.54) is 6.42 Å². The number of nitrogens with one attached hydrogen (secondary N) is 1. The molecular formula is C17H22N4O2. The van der Waals surface area contributed by atoms with Gasteiger partial charge in [-0.3, -0.25) is 5.01 Å². The number of aromatic nitrogens is 1. The number of carbonyl (C=O) groups excluding carboxylic acids is 1. The number of nitrogens with zero attached hydrogens (tertiary/aromatic N) is 3. The van der Waals surface area contributed by atoms with Crippen LogP contribution in [0.1, 0.15) is 37.2 Å². The molecule has 6 nitrogen and oxygen atoms in total. The lowest BCUT2D eigenvalue weighted by molar-refractivity contribution is 0.0521. The maximum absolute atomic E-state index is 12.2. The molecule has 3 rings (SSSR count). The molecule has 6 heteroatoms. The summed E-state index contributed by atoms with van der Waals surface area (Å²) in [6.45, 7) is 6.15. The van der Waals surface area contributed by atoms with Crippen molar-refractivity contribution in [3.63, 3.8) is 0 Å². The van der Waals surface area contributed by atoms with Gasteiger partial charge in [0, 0.05) is 24.0 Å². The van der Waals surface area contributed by atoms with Gasteiger partial charge in [0.25, 0.3) is 0 Å². The van der Waals surface area contributed by atoms with Gasteiger partial charge in [-0.2, -0.15) is 0 Å². The predicted octanol–water partition coefficient (Wildman–Crippen LogP) is 4.08. The molecule has 1 aliphatic heterocycles. The lowest BCUT2D eigenvalue weighted by Crippen LogP contribution is -2.29. The zero-order chi connectivity index (χ0) is 16.2. The fraction of sp³-hybridized carbons (Fsp3) is 0.471. The Bertz CT molecular complexity index is 722. The van der Waals surface area contributed by atoms with Gasteiger partial charge >= 0.3 is 5.97 Å². The van der Waals surface area contributed by atoms with Gasteiger partial charge in [0.2, 0.25) is 0 Å². The average Bonchev–Trinajstić information content (AvgIpc) is 2.92. The molecule has 0 bridgehead atoms. The Hall–Kier alpha value is -2.37. The van der Waals surface area contributed by atoms with Gasteiger partial charge in [-0.1, -0.05) is 30.3 Å². The molecule has 0 spiro atoms. The van der Waals surface area contributed by atoms with Crippen molar-refractivity contribution in [1.82, 2.24) is 9.99 Å². The third kappa shape index (κ3) is 3.36. The molecule has 2 aromatic rings. The van der Waals surface area contributed by atoms with E-state index in [1.54, 1.807) is 6.92 Å². The van der Waals surface area contributed by atoms with Crippen LogP contribution in [0.25, 0.3) is 10.9 Å². The summed E-state index contributed by atoms with van der Waals surface area (Å²) < 4.78 is 5.12. The number of para-hydroxylation sites is 1. The van der Waals surface area contributed by atoms with Crippen LogP contribution in [0.5, 0.6) is 0 Å². The second-order valence-corrected chi connectivity index (χ2v) is 5.96. The highest BCUT2D eigenvalue weighted by Crippen LogP contribution is 2.31. The number of hydrogen-bond donors (Lipinski definition) is 1. The first kappa shape index (κ1) is 15.5. The first-order valence-electron chi connectivity index (χ1n) is 8.13. The van der Waals surface area contributed by atoms with Crippen LogP contribution >= 0.6 is 0 Å². The van der Waals surface area contributed by atoms with E-state index < -0.39 is 5.97 Å². The third-order valence-corrected chi connectivity index (χ3v) is 4.07. The summed E-state index contributed by atoms with van der Waals surface area (Å²) in [5.74, 6) is 0.222. The molecule has 1 atom stereocenters. The van der Waals surface area contributed by atoms with E-state index in [9.17, 15) is 4.79 Å². The van der Waals surface area contributed by atoms with E-state index in [0.29, 0.717) is 23.9 Å². The minimum Gasteiger partial charge on any atom is -0.461 e. The Kier molecular flexibility index (Phi) is 4.60. The zero-order valence-electron chi connectivity index (χ0n) is 13.6. The second kappa shape index (κ2) is 6.81. The van der Waals surface area contributed by atoms with E-state index in [-0.39, 0.29) is 0 Å². The highest BCUT2D eigenvalue weighted by molar-refractivity contribution is 6.04. The molecule has 1 aliphatic rings. The van der Waals surface area contributed by atoms with Crippen LogP contribution in [0, 0.1) is 5.92 Å². The quantitative estimate of drug-likeness (QED) is 0.683. The van der Waals surface area contributed by atoms with Gasteiger partial charge < -0.3 is 9.72 Å². The van der Waals surface area contributed by atoms with Crippen LogP contribution < -0.4 is 0 Å². The summed E-state index contributed by atoms with van der Waals surface area (Å²) in [5.41, 5.74) is 1.77. The fourth-order valence-corrected chi connectivity index (χ4v) is 2.94. The van der Waals surface area contributed by atoms with E-state index >= 15 is 0 Å². The lowest BCUT2D eigenvalue weighted by Gasteiger charge is -2.27. The minimum absolute atomic E-state index is 0.328. The summed E-state index contributed by atoms with van der Waals surface area (Å²) in [7, 11) is 0. The van der Waals surface area contributed by atoms with E-state index in [2.05, 4.69) is 22.2 Å². The van der Waals surface area contributed by atoms with E-state index in [0.717, 1.165) is 30.4 Å². The molecule has 0 saturated carbocycles. The average molecular weight is 314 g/mol. The van der Waals surface area contributed by atoms with Crippen molar-refractivity contribution in [3.05, 3.63) is 30.0 Å². The highest BCUT2D eigenvalue weighted by Gasteiger charge is 2.20. The smallest absolute Gasteiger partial charge is 0.357 e. The van der Waals surface area contributed by atoms with Crippen LogP contribution in [0.15, 0.2) is 34.6 Å². The van der Waals surface area contributed by atoms with Crippen molar-refractivity contribution >= 4 is 22.6 Å². The highest BCUT2D eigenvalue weighted by atomic mass is 16.5. The molecule has 1 fully saturated rings. The van der Waals surface area contributed by atoms with E-state index in [4.69, 9.17) is 4.74 Å². The maximum atomic E-state index is 12.2. The number of ether oxygens (including phenoxy) is 1. The lowest BCUT2D eigenvalue weighted by atomic mass is 10.0. The fourth-order valence-electron chi connectivity index (χ4n) is 2.94. The number of H-pyrrole nitrogens is 1. The standard InChI is InChI=1S/C17H22N4O2/c1-3-23-17(22)16-15(13-8-4-5-9-14(13)18-16)19-20-21-10-6-7-12(2)11-21/h4-5,8-9,12,18H,3,6-7,10-11H2,1-2H3/t12-/m0/s1. The molecule has 0 unspecified atom stereocenters. The Balaban J connectivity index is 1.94. The van der Waals surface area contributed by atoms with Crippen molar-refractivity contribution in [2.24, 2.45) is 16.3 Å². The van der Waals surface area contributed by atoms with Crippen molar-refractivity contribution in [2.45, 2.75) is 26.7 Å². The number of benzene rings is 1. The first-order valence-corrected chi connectivity index (χ1v) is 8.13. The third-order valence-electron chi connectivity index (χ3n) is 4.07. The Morgan fingerprint density at radius 3 is 3.04 bits per heavy atom.